The summed E-state index contributed by atoms with van der Waals surface area (Å²) in [6, 6.07) is 15.7. The summed E-state index contributed by atoms with van der Waals surface area (Å²) in [4.78, 5) is 15.0. The van der Waals surface area contributed by atoms with Crippen LogP contribution in [0, 0.1) is 18.3 Å². The van der Waals surface area contributed by atoms with Crippen molar-refractivity contribution in [3.63, 3.8) is 0 Å². The highest BCUT2D eigenvalue weighted by Gasteiger charge is 2.30. The summed E-state index contributed by atoms with van der Waals surface area (Å²) in [6.45, 7) is 11.5. The number of likely N-dealkylation sites (N-methyl/N-ethyl adjacent to an activating group) is 1. The lowest BCUT2D eigenvalue weighted by Gasteiger charge is -2.42. The number of carbonyl (C=O) groups is 1. The molecule has 0 radical (unpaired) electrons. The summed E-state index contributed by atoms with van der Waals surface area (Å²) < 4.78 is 0. The number of anilines is 2. The van der Waals surface area contributed by atoms with E-state index in [-0.39, 0.29) is 11.1 Å². The molecule has 1 aliphatic rings. The van der Waals surface area contributed by atoms with Crippen LogP contribution in [0.5, 0.6) is 0 Å². The van der Waals surface area contributed by atoms with E-state index in [0.29, 0.717) is 5.69 Å². The molecule has 1 amide bonds. The molecule has 148 valence electrons. The third-order valence-electron chi connectivity index (χ3n) is 5.39. The van der Waals surface area contributed by atoms with Crippen molar-refractivity contribution in [3.05, 3.63) is 70.8 Å². The number of nitrogens with one attached hydrogen (secondary N) is 1. The smallest absolute Gasteiger partial charge is 0.266 e. The van der Waals surface area contributed by atoms with E-state index >= 15 is 0 Å². The number of hydrogen-bond acceptors (Lipinski definition) is 3. The van der Waals surface area contributed by atoms with Crippen molar-refractivity contribution in [2.45, 2.75) is 40.2 Å². The molecule has 0 aliphatic carbocycles. The first-order chi connectivity index (χ1) is 13.8. The Morgan fingerprint density at radius 3 is 2.59 bits per heavy atom. The molecule has 0 unspecified atom stereocenters. The van der Waals surface area contributed by atoms with Crippen molar-refractivity contribution in [3.8, 4) is 6.07 Å². The molecule has 2 aromatic rings. The number of carbonyl (C=O) groups excluding carboxylic acids is 1. The van der Waals surface area contributed by atoms with Gasteiger partial charge < -0.3 is 10.2 Å². The van der Waals surface area contributed by atoms with E-state index in [1.807, 2.05) is 43.3 Å². The summed E-state index contributed by atoms with van der Waals surface area (Å²) in [6.07, 6.45) is 3.92. The lowest BCUT2D eigenvalue weighted by Crippen LogP contribution is -2.44. The maximum absolute atomic E-state index is 12.6. The third kappa shape index (κ3) is 4.09. The number of rotatable bonds is 4. The van der Waals surface area contributed by atoms with Crippen molar-refractivity contribution in [1.29, 1.82) is 5.26 Å². The van der Waals surface area contributed by atoms with Crippen molar-refractivity contribution < 1.29 is 4.79 Å². The van der Waals surface area contributed by atoms with Crippen molar-refractivity contribution in [2.75, 3.05) is 16.8 Å². The van der Waals surface area contributed by atoms with Crippen LogP contribution < -0.4 is 10.2 Å². The van der Waals surface area contributed by atoms with E-state index in [1.54, 1.807) is 6.08 Å². The van der Waals surface area contributed by atoms with E-state index in [2.05, 4.69) is 56.1 Å². The number of nitrogens with zero attached hydrogens (tertiary/aromatic N) is 2. The minimum Gasteiger partial charge on any atom is -0.363 e. The molecule has 0 aromatic heterocycles. The molecular weight excluding hydrogens is 358 g/mol. The third-order valence-corrected chi connectivity index (χ3v) is 5.39. The van der Waals surface area contributed by atoms with Crippen LogP contribution in [0.25, 0.3) is 11.6 Å². The number of benzene rings is 2. The molecule has 4 nitrogen and oxygen atoms in total. The quantitative estimate of drug-likeness (QED) is 0.553. The van der Waals surface area contributed by atoms with Gasteiger partial charge in [0.05, 0.1) is 5.54 Å². The molecular formula is C25H27N3O. The summed E-state index contributed by atoms with van der Waals surface area (Å²) in [5.41, 5.74) is 6.05. The Balaban J connectivity index is 1.94. The minimum absolute atomic E-state index is 0.0472. The highest BCUT2D eigenvalue weighted by molar-refractivity contribution is 6.10. The molecule has 0 spiro atoms. The van der Waals surface area contributed by atoms with Crippen LogP contribution in [0.3, 0.4) is 0 Å². The topological polar surface area (TPSA) is 56.1 Å². The van der Waals surface area contributed by atoms with E-state index in [1.165, 1.54) is 11.3 Å². The van der Waals surface area contributed by atoms with Crippen LogP contribution in [-0.4, -0.2) is 18.0 Å². The Bertz CT molecular complexity index is 1050. The lowest BCUT2D eigenvalue weighted by molar-refractivity contribution is -0.112. The van der Waals surface area contributed by atoms with Gasteiger partial charge in [0.1, 0.15) is 11.6 Å². The van der Waals surface area contributed by atoms with Gasteiger partial charge in [0.2, 0.25) is 0 Å². The second-order valence-corrected chi connectivity index (χ2v) is 7.94. The molecule has 0 fully saturated rings. The lowest BCUT2D eigenvalue weighted by atomic mass is 9.88. The Morgan fingerprint density at radius 2 is 1.93 bits per heavy atom. The molecule has 0 bridgehead atoms. The number of nitriles is 1. The molecule has 4 heteroatoms. The van der Waals surface area contributed by atoms with Gasteiger partial charge in [0.25, 0.3) is 5.91 Å². The van der Waals surface area contributed by atoms with Crippen molar-refractivity contribution >= 4 is 28.9 Å². The maximum Gasteiger partial charge on any atom is 0.266 e. The maximum atomic E-state index is 12.6. The second-order valence-electron chi connectivity index (χ2n) is 7.94. The Kier molecular flexibility index (Phi) is 5.61. The van der Waals surface area contributed by atoms with E-state index in [4.69, 9.17) is 0 Å². The van der Waals surface area contributed by atoms with Gasteiger partial charge in [0, 0.05) is 23.5 Å². The predicted molar refractivity (Wildman–Crippen MR) is 121 cm³/mol. The summed E-state index contributed by atoms with van der Waals surface area (Å²) in [5, 5.41) is 12.4. The fraction of sp³-hybridized carbons (Fsp3) is 0.280. The van der Waals surface area contributed by atoms with Gasteiger partial charge in [-0.2, -0.15) is 5.26 Å². The summed E-state index contributed by atoms with van der Waals surface area (Å²) in [5.74, 6) is -0.400. The fourth-order valence-corrected chi connectivity index (χ4v) is 3.99. The monoisotopic (exact) mass is 385 g/mol. The number of hydrogen-bond donors (Lipinski definition) is 1. The average molecular weight is 386 g/mol. The summed E-state index contributed by atoms with van der Waals surface area (Å²) >= 11 is 0. The first-order valence-electron chi connectivity index (χ1n) is 9.87. The highest BCUT2D eigenvalue weighted by Crippen LogP contribution is 2.39. The van der Waals surface area contributed by atoms with Crippen molar-refractivity contribution in [2.24, 2.45) is 0 Å². The van der Waals surface area contributed by atoms with Gasteiger partial charge in [-0.05, 0) is 75.6 Å². The zero-order valence-electron chi connectivity index (χ0n) is 17.7. The minimum atomic E-state index is -0.400. The SMILES string of the molecule is CCN1c2ccc(/C=C(/C#N)C(=O)Nc3ccccc3C)cc2C(C)=CC1(C)C. The number of aryl methyl sites for hydroxylation is 1. The van der Waals surface area contributed by atoms with Crippen molar-refractivity contribution in [1.82, 2.24) is 0 Å². The van der Waals surface area contributed by atoms with Crippen LogP contribution in [0.15, 0.2) is 54.1 Å². The number of fused-ring (bicyclic) bond motifs is 1. The van der Waals surface area contributed by atoms with Gasteiger partial charge in [0.15, 0.2) is 0 Å². The van der Waals surface area contributed by atoms with Crippen LogP contribution in [0.4, 0.5) is 11.4 Å². The fourth-order valence-electron chi connectivity index (χ4n) is 3.99. The molecule has 0 saturated heterocycles. The van der Waals surface area contributed by atoms with Gasteiger partial charge in [-0.1, -0.05) is 30.3 Å². The zero-order valence-corrected chi connectivity index (χ0v) is 17.7. The molecule has 2 aromatic carbocycles. The molecule has 29 heavy (non-hydrogen) atoms. The Labute approximate surface area is 173 Å². The second kappa shape index (κ2) is 7.97. The normalized spacial score (nSPS) is 15.2. The van der Waals surface area contributed by atoms with Gasteiger partial charge >= 0.3 is 0 Å². The van der Waals surface area contributed by atoms with Gasteiger partial charge in [-0.25, -0.2) is 0 Å². The number of para-hydroxylation sites is 1. The average Bonchev–Trinajstić information content (AvgIpc) is 2.67. The molecule has 1 aliphatic heterocycles. The Hall–Kier alpha value is -3.32. The molecule has 3 rings (SSSR count). The highest BCUT2D eigenvalue weighted by atomic mass is 16.1. The molecule has 1 heterocycles. The van der Waals surface area contributed by atoms with Crippen LogP contribution in [-0.2, 0) is 4.79 Å². The first kappa shape index (κ1) is 20.4. The largest absolute Gasteiger partial charge is 0.363 e. The van der Waals surface area contributed by atoms with Crippen LogP contribution >= 0.6 is 0 Å². The number of allylic oxidation sites excluding steroid dienone is 1. The molecule has 1 N–H and O–H groups in total. The van der Waals surface area contributed by atoms with E-state index < -0.39 is 5.91 Å². The molecule has 0 atom stereocenters. The zero-order chi connectivity index (χ0) is 21.2. The van der Waals surface area contributed by atoms with Gasteiger partial charge in [-0.15, -0.1) is 0 Å². The van der Waals surface area contributed by atoms with E-state index in [9.17, 15) is 10.1 Å². The summed E-state index contributed by atoms with van der Waals surface area (Å²) in [7, 11) is 0. The first-order valence-corrected chi connectivity index (χ1v) is 9.87. The standard InChI is InChI=1S/C25H27N3O/c1-6-28-23-12-11-19(14-21(23)18(3)15-25(28,4)5)13-20(16-26)24(29)27-22-10-8-7-9-17(22)2/h7-15H,6H2,1-5H3,(H,27,29)/b20-13-. The molecule has 0 saturated carbocycles. The number of amides is 1. The van der Waals surface area contributed by atoms with E-state index in [0.717, 1.165) is 23.2 Å². The van der Waals surface area contributed by atoms with Gasteiger partial charge in [-0.3, -0.25) is 4.79 Å². The van der Waals surface area contributed by atoms with Crippen LogP contribution in [0.1, 0.15) is 44.4 Å². The Morgan fingerprint density at radius 1 is 1.21 bits per heavy atom. The van der Waals surface area contributed by atoms with Crippen LogP contribution in [0.2, 0.25) is 0 Å². The predicted octanol–water partition coefficient (Wildman–Crippen LogP) is 5.56.